The molecule has 1 N–H and O–H groups in total. The largest absolute Gasteiger partial charge is 0.311 e. The number of fused-ring (bicyclic) bond motifs is 1. The Morgan fingerprint density at radius 3 is 2.76 bits per heavy atom. The van der Waals surface area contributed by atoms with Crippen molar-refractivity contribution in [3.8, 4) is 0 Å². The van der Waals surface area contributed by atoms with E-state index in [0.717, 1.165) is 19.6 Å². The van der Waals surface area contributed by atoms with Gasteiger partial charge in [0.1, 0.15) is 0 Å². The van der Waals surface area contributed by atoms with Crippen molar-refractivity contribution in [1.82, 2.24) is 20.1 Å². The van der Waals surface area contributed by atoms with E-state index in [4.69, 9.17) is 0 Å². The predicted molar refractivity (Wildman–Crippen MR) is 87.4 cm³/mol. The van der Waals surface area contributed by atoms with Gasteiger partial charge in [-0.3, -0.25) is 9.88 Å². The fourth-order valence-corrected chi connectivity index (χ4v) is 2.85. The van der Waals surface area contributed by atoms with E-state index in [1.807, 2.05) is 12.4 Å². The number of nitrogens with zero attached hydrogens (tertiary/aromatic N) is 3. The Hall–Kier alpha value is -1.49. The summed E-state index contributed by atoms with van der Waals surface area (Å²) in [5.74, 6) is 0. The number of hydrogen-bond acceptors (Lipinski definition) is 4. The average Bonchev–Trinajstić information content (AvgIpc) is 2.53. The highest BCUT2D eigenvalue weighted by atomic mass is 15.2. The van der Waals surface area contributed by atoms with Crippen LogP contribution in [0, 0.1) is 0 Å². The molecule has 0 amide bonds. The molecular formula is C17H24N4. The molecule has 112 valence electrons. The highest BCUT2D eigenvalue weighted by molar-refractivity contribution is 5.84. The summed E-state index contributed by atoms with van der Waals surface area (Å²) in [5, 5.41) is 6.08. The Bertz CT molecular complexity index is 571. The highest BCUT2D eigenvalue weighted by Crippen LogP contribution is 2.16. The second-order valence-electron chi connectivity index (χ2n) is 5.84. The van der Waals surface area contributed by atoms with Crippen molar-refractivity contribution in [3.05, 3.63) is 42.2 Å². The van der Waals surface area contributed by atoms with Crippen molar-refractivity contribution in [1.29, 1.82) is 0 Å². The second-order valence-corrected chi connectivity index (χ2v) is 5.84. The lowest BCUT2D eigenvalue weighted by molar-refractivity contribution is 0.154. The van der Waals surface area contributed by atoms with Gasteiger partial charge in [-0.05, 0) is 18.0 Å². The smallest absolute Gasteiger partial charge is 0.0346 e. The van der Waals surface area contributed by atoms with Gasteiger partial charge in [-0.2, -0.15) is 0 Å². The van der Waals surface area contributed by atoms with Crippen molar-refractivity contribution < 1.29 is 0 Å². The standard InChI is InChI=1S/C17H24N4/c1-20-8-10-21(11-9-20)7-6-18-13-16-14-19-12-15-4-2-3-5-17(15)16/h2-5,12,14,18H,6-11,13H2,1H3. The first kappa shape index (κ1) is 14.4. The van der Waals surface area contributed by atoms with Gasteiger partial charge in [0.15, 0.2) is 0 Å². The topological polar surface area (TPSA) is 31.4 Å². The van der Waals surface area contributed by atoms with Crippen LogP contribution in [0.25, 0.3) is 10.8 Å². The van der Waals surface area contributed by atoms with E-state index >= 15 is 0 Å². The fourth-order valence-electron chi connectivity index (χ4n) is 2.85. The van der Waals surface area contributed by atoms with Crippen molar-refractivity contribution in [3.63, 3.8) is 0 Å². The number of rotatable bonds is 5. The monoisotopic (exact) mass is 284 g/mol. The number of benzene rings is 1. The number of piperazine rings is 1. The summed E-state index contributed by atoms with van der Waals surface area (Å²) in [6.45, 7) is 7.81. The number of hydrogen-bond donors (Lipinski definition) is 1. The summed E-state index contributed by atoms with van der Waals surface area (Å²) in [6.07, 6.45) is 3.91. The van der Waals surface area contributed by atoms with E-state index in [0.29, 0.717) is 0 Å². The molecule has 1 fully saturated rings. The van der Waals surface area contributed by atoms with Gasteiger partial charge in [-0.15, -0.1) is 0 Å². The molecule has 0 aliphatic carbocycles. The van der Waals surface area contributed by atoms with Crippen LogP contribution in [-0.4, -0.2) is 61.1 Å². The second kappa shape index (κ2) is 6.98. The third-order valence-electron chi connectivity index (χ3n) is 4.27. The van der Waals surface area contributed by atoms with E-state index in [1.54, 1.807) is 0 Å². The van der Waals surface area contributed by atoms with Gasteiger partial charge in [0.25, 0.3) is 0 Å². The number of nitrogens with one attached hydrogen (secondary N) is 1. The molecule has 0 unspecified atom stereocenters. The number of pyridine rings is 1. The van der Waals surface area contributed by atoms with Crippen molar-refractivity contribution in [2.24, 2.45) is 0 Å². The zero-order valence-corrected chi connectivity index (χ0v) is 12.8. The van der Waals surface area contributed by atoms with Crippen LogP contribution in [0.5, 0.6) is 0 Å². The van der Waals surface area contributed by atoms with Crippen molar-refractivity contribution >= 4 is 10.8 Å². The Labute approximate surface area is 126 Å². The molecule has 2 heterocycles. The molecule has 4 nitrogen and oxygen atoms in total. The highest BCUT2D eigenvalue weighted by Gasteiger charge is 2.12. The lowest BCUT2D eigenvalue weighted by Gasteiger charge is -2.32. The average molecular weight is 284 g/mol. The molecule has 4 heteroatoms. The SMILES string of the molecule is CN1CCN(CCNCc2cncc3ccccc23)CC1. The van der Waals surface area contributed by atoms with Gasteiger partial charge in [0.05, 0.1) is 0 Å². The van der Waals surface area contributed by atoms with E-state index < -0.39 is 0 Å². The molecule has 0 bridgehead atoms. The van der Waals surface area contributed by atoms with Crippen LogP contribution < -0.4 is 5.32 Å². The Morgan fingerprint density at radius 2 is 1.90 bits per heavy atom. The van der Waals surface area contributed by atoms with Crippen LogP contribution in [0.1, 0.15) is 5.56 Å². The quantitative estimate of drug-likeness (QED) is 0.845. The van der Waals surface area contributed by atoms with Gasteiger partial charge in [-0.25, -0.2) is 0 Å². The summed E-state index contributed by atoms with van der Waals surface area (Å²) in [5.41, 5.74) is 1.28. The normalized spacial score (nSPS) is 17.4. The molecule has 3 rings (SSSR count). The van der Waals surface area contributed by atoms with Crippen LogP contribution in [0.4, 0.5) is 0 Å². The van der Waals surface area contributed by atoms with Gasteiger partial charge < -0.3 is 10.2 Å². The van der Waals surface area contributed by atoms with Crippen LogP contribution >= 0.6 is 0 Å². The van der Waals surface area contributed by atoms with Crippen LogP contribution in [-0.2, 0) is 6.54 Å². The maximum absolute atomic E-state index is 4.33. The summed E-state index contributed by atoms with van der Waals surface area (Å²) >= 11 is 0. The molecule has 2 aromatic rings. The van der Waals surface area contributed by atoms with E-state index in [9.17, 15) is 0 Å². The minimum Gasteiger partial charge on any atom is -0.311 e. The third kappa shape index (κ3) is 3.79. The minimum atomic E-state index is 0.891. The van der Waals surface area contributed by atoms with E-state index in [1.165, 1.54) is 42.5 Å². The summed E-state index contributed by atoms with van der Waals surface area (Å²) in [4.78, 5) is 9.26. The predicted octanol–water partition coefficient (Wildman–Crippen LogP) is 1.57. The molecule has 0 spiro atoms. The fraction of sp³-hybridized carbons (Fsp3) is 0.471. The molecule has 1 aromatic carbocycles. The molecule has 1 aromatic heterocycles. The molecule has 0 atom stereocenters. The summed E-state index contributed by atoms with van der Waals surface area (Å²) < 4.78 is 0. The first-order chi connectivity index (χ1) is 10.3. The lowest BCUT2D eigenvalue weighted by atomic mass is 10.1. The Morgan fingerprint density at radius 1 is 1.10 bits per heavy atom. The van der Waals surface area contributed by atoms with Gasteiger partial charge >= 0.3 is 0 Å². The maximum atomic E-state index is 4.33. The van der Waals surface area contributed by atoms with Gasteiger partial charge in [0.2, 0.25) is 0 Å². The van der Waals surface area contributed by atoms with E-state index in [-0.39, 0.29) is 0 Å². The maximum Gasteiger partial charge on any atom is 0.0346 e. The summed E-state index contributed by atoms with van der Waals surface area (Å²) in [6, 6.07) is 8.45. The van der Waals surface area contributed by atoms with Crippen LogP contribution in [0.15, 0.2) is 36.7 Å². The van der Waals surface area contributed by atoms with Crippen LogP contribution in [0.3, 0.4) is 0 Å². The third-order valence-corrected chi connectivity index (χ3v) is 4.27. The van der Waals surface area contributed by atoms with Crippen molar-refractivity contribution in [2.75, 3.05) is 46.3 Å². The number of aromatic nitrogens is 1. The van der Waals surface area contributed by atoms with Gasteiger partial charge in [-0.1, -0.05) is 24.3 Å². The zero-order valence-electron chi connectivity index (χ0n) is 12.8. The van der Waals surface area contributed by atoms with Crippen molar-refractivity contribution in [2.45, 2.75) is 6.54 Å². The molecule has 1 aliphatic rings. The molecule has 0 saturated carbocycles. The summed E-state index contributed by atoms with van der Waals surface area (Å²) in [7, 11) is 2.20. The molecular weight excluding hydrogens is 260 g/mol. The molecule has 0 radical (unpaired) electrons. The molecule has 1 aliphatic heterocycles. The lowest BCUT2D eigenvalue weighted by Crippen LogP contribution is -2.46. The van der Waals surface area contributed by atoms with Gasteiger partial charge in [0, 0.05) is 63.6 Å². The zero-order chi connectivity index (χ0) is 14.5. The molecule has 21 heavy (non-hydrogen) atoms. The van der Waals surface area contributed by atoms with Crippen LogP contribution in [0.2, 0.25) is 0 Å². The first-order valence-electron chi connectivity index (χ1n) is 7.76. The number of likely N-dealkylation sites (N-methyl/N-ethyl adjacent to an activating group) is 1. The Kier molecular flexibility index (Phi) is 4.80. The Balaban J connectivity index is 1.48. The van der Waals surface area contributed by atoms with E-state index in [2.05, 4.69) is 51.4 Å². The first-order valence-corrected chi connectivity index (χ1v) is 7.76. The minimum absolute atomic E-state index is 0.891. The molecule has 1 saturated heterocycles.